The fourth-order valence-corrected chi connectivity index (χ4v) is 11.2. The Morgan fingerprint density at radius 3 is 2.22 bits per heavy atom. The van der Waals surface area contributed by atoms with Gasteiger partial charge >= 0.3 is 0 Å². The van der Waals surface area contributed by atoms with E-state index < -0.39 is 9.84 Å². The lowest BCUT2D eigenvalue weighted by Gasteiger charge is -2.36. The van der Waals surface area contributed by atoms with Crippen LogP contribution in [0.2, 0.25) is 0 Å². The van der Waals surface area contributed by atoms with E-state index >= 15 is 0 Å². The highest BCUT2D eigenvalue weighted by Gasteiger charge is 2.66. The molecule has 2 aromatic rings. The van der Waals surface area contributed by atoms with E-state index in [1.54, 1.807) is 4.90 Å². The monoisotopic (exact) mass is 576 g/mol. The van der Waals surface area contributed by atoms with Crippen molar-refractivity contribution in [2.24, 2.45) is 47.3 Å². The van der Waals surface area contributed by atoms with E-state index in [9.17, 15) is 18.0 Å². The minimum Gasteiger partial charge on any atom is -0.303 e. The first-order valence-corrected chi connectivity index (χ1v) is 18.0. The first kappa shape index (κ1) is 27.6. The number of carbonyl (C=O) groups is 2. The summed E-state index contributed by atoms with van der Waals surface area (Å²) >= 11 is 0. The molecule has 2 aromatic carbocycles. The molecule has 3 aliphatic carbocycles. The normalized spacial score (nSPS) is 36.1. The van der Waals surface area contributed by atoms with E-state index in [0.29, 0.717) is 24.3 Å². The summed E-state index contributed by atoms with van der Waals surface area (Å²) in [5, 5.41) is 2.71. The van der Waals surface area contributed by atoms with Gasteiger partial charge in [0.1, 0.15) is 9.84 Å². The number of piperidine rings is 1. The molecule has 0 N–H and O–H groups in total. The largest absolute Gasteiger partial charge is 0.303 e. The van der Waals surface area contributed by atoms with Crippen LogP contribution in [0.25, 0.3) is 10.8 Å². The summed E-state index contributed by atoms with van der Waals surface area (Å²) in [5.74, 6) is 1.56. The van der Waals surface area contributed by atoms with Crippen molar-refractivity contribution in [1.29, 1.82) is 0 Å². The van der Waals surface area contributed by atoms with Gasteiger partial charge in [-0.05, 0) is 103 Å². The number of likely N-dealkylation sites (tertiary alicyclic amines) is 2. The van der Waals surface area contributed by atoms with E-state index in [1.807, 2.05) is 0 Å². The van der Waals surface area contributed by atoms with Crippen LogP contribution in [0.15, 0.2) is 42.5 Å². The zero-order valence-corrected chi connectivity index (χ0v) is 25.3. The number of nitrogens with zero attached hydrogens (tertiary/aromatic N) is 2. The number of amides is 2. The summed E-state index contributed by atoms with van der Waals surface area (Å²) in [7, 11) is -3.12. The zero-order valence-electron chi connectivity index (χ0n) is 24.5. The lowest BCUT2D eigenvalue weighted by Crippen LogP contribution is -2.41. The summed E-state index contributed by atoms with van der Waals surface area (Å²) in [6.07, 6.45) is 7.91. The fraction of sp³-hybridized carbons (Fsp3) is 0.647. The lowest BCUT2D eigenvalue weighted by atomic mass is 9.70. The van der Waals surface area contributed by atoms with Crippen molar-refractivity contribution in [3.05, 3.63) is 48.0 Å². The lowest BCUT2D eigenvalue weighted by molar-refractivity contribution is -0.141. The molecule has 220 valence electrons. The van der Waals surface area contributed by atoms with Gasteiger partial charge in [0.15, 0.2) is 0 Å². The van der Waals surface area contributed by atoms with Crippen molar-refractivity contribution < 1.29 is 18.0 Å². The van der Waals surface area contributed by atoms with Gasteiger partial charge in [-0.2, -0.15) is 0 Å². The average Bonchev–Trinajstić information content (AvgIpc) is 3.69. The maximum absolute atomic E-state index is 13.7. The van der Waals surface area contributed by atoms with Gasteiger partial charge in [0.25, 0.3) is 0 Å². The molecule has 6 unspecified atom stereocenters. The fourth-order valence-electron chi connectivity index (χ4n) is 9.97. The highest BCUT2D eigenvalue weighted by molar-refractivity contribution is 7.90. The number of rotatable bonds is 7. The number of fused-ring (bicyclic) bond motifs is 6. The molecule has 5 aliphatic rings. The molecule has 2 bridgehead atoms. The first-order valence-electron chi connectivity index (χ1n) is 15.9. The number of sulfone groups is 1. The molecule has 7 rings (SSSR count). The summed E-state index contributed by atoms with van der Waals surface area (Å²) in [4.78, 5) is 31.6. The molecule has 7 heteroatoms. The summed E-state index contributed by atoms with van der Waals surface area (Å²) < 4.78 is 24.2. The maximum Gasteiger partial charge on any atom is 0.233 e. The Labute approximate surface area is 244 Å². The Bertz CT molecular complexity index is 1440. The van der Waals surface area contributed by atoms with Gasteiger partial charge in [0.05, 0.1) is 17.6 Å². The minimum absolute atomic E-state index is 0.000507. The maximum atomic E-state index is 13.7. The number of hydrogen-bond donors (Lipinski definition) is 0. The Morgan fingerprint density at radius 1 is 0.829 bits per heavy atom. The van der Waals surface area contributed by atoms with Crippen LogP contribution < -0.4 is 0 Å². The molecular formula is C34H44N2O4S. The van der Waals surface area contributed by atoms with Gasteiger partial charge in [-0.3, -0.25) is 14.5 Å². The van der Waals surface area contributed by atoms with Crippen LogP contribution >= 0.6 is 0 Å². The van der Waals surface area contributed by atoms with Crippen LogP contribution in [0.3, 0.4) is 0 Å². The molecule has 8 atom stereocenters. The third-order valence-electron chi connectivity index (χ3n) is 11.9. The third kappa shape index (κ3) is 4.85. The van der Waals surface area contributed by atoms with Gasteiger partial charge in [-0.15, -0.1) is 0 Å². The SMILES string of the molecule is CC1C(CS(C)(=O)=O)C2CC1C1C(=O)N(C[C@H]3CCC[C@@H]3CN3CCC(c4cccc5ccccc45)CC3)C(=O)C21. The van der Waals surface area contributed by atoms with Crippen molar-refractivity contribution in [3.8, 4) is 0 Å². The molecule has 2 saturated heterocycles. The van der Waals surface area contributed by atoms with Crippen molar-refractivity contribution in [1.82, 2.24) is 9.80 Å². The van der Waals surface area contributed by atoms with Gasteiger partial charge in [-0.25, -0.2) is 8.42 Å². The second-order valence-electron chi connectivity index (χ2n) is 14.1. The van der Waals surface area contributed by atoms with Crippen LogP contribution in [-0.4, -0.2) is 68.2 Å². The molecule has 0 radical (unpaired) electrons. The Hall–Kier alpha value is -2.25. The van der Waals surface area contributed by atoms with Crippen LogP contribution in [0.4, 0.5) is 0 Å². The summed E-state index contributed by atoms with van der Waals surface area (Å²) in [6.45, 7) is 5.94. The summed E-state index contributed by atoms with van der Waals surface area (Å²) in [6, 6.07) is 15.4. The molecular weight excluding hydrogens is 532 g/mol. The van der Waals surface area contributed by atoms with Gasteiger partial charge in [0.2, 0.25) is 11.8 Å². The number of carbonyl (C=O) groups excluding carboxylic acids is 2. The summed E-state index contributed by atoms with van der Waals surface area (Å²) in [5.41, 5.74) is 1.49. The molecule has 2 amide bonds. The van der Waals surface area contributed by atoms with E-state index in [-0.39, 0.29) is 53.1 Å². The number of imide groups is 1. The van der Waals surface area contributed by atoms with Crippen LogP contribution in [0, 0.1) is 47.3 Å². The highest BCUT2D eigenvalue weighted by Crippen LogP contribution is 2.61. The quantitative estimate of drug-likeness (QED) is 0.435. The predicted octanol–water partition coefficient (Wildman–Crippen LogP) is 4.98. The molecule has 0 spiro atoms. The molecule has 2 aliphatic heterocycles. The standard InChI is InChI=1S/C34H44N2O4S/c1-21-28-17-29(30(21)20-41(2,39)40)32-31(28)33(37)36(34(32)38)19-25-10-5-9-24(25)18-35-15-13-23(14-16-35)27-12-6-8-22-7-3-4-11-26(22)27/h3-4,6-8,11-12,21,23-25,28-32H,5,9-10,13-20H2,1-2H3/t21?,24-,25-,28?,29?,30?,31?,32?/m1/s1. The van der Waals surface area contributed by atoms with E-state index in [0.717, 1.165) is 32.5 Å². The topological polar surface area (TPSA) is 74.8 Å². The molecule has 6 nitrogen and oxygen atoms in total. The van der Waals surface area contributed by atoms with Crippen molar-refractivity contribution >= 4 is 32.4 Å². The Balaban J connectivity index is 0.980. The van der Waals surface area contributed by atoms with Crippen LogP contribution in [0.1, 0.15) is 56.9 Å². The molecule has 0 aromatic heterocycles. The number of hydrogen-bond acceptors (Lipinski definition) is 5. The predicted molar refractivity (Wildman–Crippen MR) is 161 cm³/mol. The molecule has 41 heavy (non-hydrogen) atoms. The second-order valence-corrected chi connectivity index (χ2v) is 16.3. The highest BCUT2D eigenvalue weighted by atomic mass is 32.2. The van der Waals surface area contributed by atoms with E-state index in [1.165, 1.54) is 48.3 Å². The first-order chi connectivity index (χ1) is 19.7. The van der Waals surface area contributed by atoms with Crippen molar-refractivity contribution in [3.63, 3.8) is 0 Å². The van der Waals surface area contributed by atoms with Crippen molar-refractivity contribution in [2.45, 2.75) is 51.4 Å². The van der Waals surface area contributed by atoms with Gasteiger partial charge in [-0.1, -0.05) is 55.8 Å². The van der Waals surface area contributed by atoms with E-state index in [4.69, 9.17) is 0 Å². The second kappa shape index (κ2) is 10.5. The Kier molecular flexibility index (Phi) is 7.05. The van der Waals surface area contributed by atoms with Crippen molar-refractivity contribution in [2.75, 3.05) is 38.2 Å². The number of benzene rings is 2. The van der Waals surface area contributed by atoms with E-state index in [2.05, 4.69) is 54.3 Å². The average molecular weight is 577 g/mol. The van der Waals surface area contributed by atoms with Gasteiger partial charge < -0.3 is 4.90 Å². The molecule has 5 fully saturated rings. The third-order valence-corrected chi connectivity index (χ3v) is 12.9. The minimum atomic E-state index is -3.12. The van der Waals surface area contributed by atoms with Crippen LogP contribution in [0.5, 0.6) is 0 Å². The van der Waals surface area contributed by atoms with Crippen LogP contribution in [-0.2, 0) is 19.4 Å². The molecule has 3 saturated carbocycles. The smallest absolute Gasteiger partial charge is 0.233 e. The van der Waals surface area contributed by atoms with Gasteiger partial charge in [0, 0.05) is 19.3 Å². The zero-order chi connectivity index (χ0) is 28.5. The Morgan fingerprint density at radius 2 is 1.49 bits per heavy atom. The molecule has 2 heterocycles.